The van der Waals surface area contributed by atoms with E-state index in [1.807, 2.05) is 13.0 Å². The minimum Gasteiger partial charge on any atom is -0.481 e. The average Bonchev–Trinajstić information content (AvgIpc) is 2.31. The van der Waals surface area contributed by atoms with Crippen LogP contribution in [-0.4, -0.2) is 17.0 Å². The Bertz CT molecular complexity index is 473. The van der Waals surface area contributed by atoms with Crippen molar-refractivity contribution in [2.24, 2.45) is 11.8 Å². The van der Waals surface area contributed by atoms with E-state index >= 15 is 0 Å². The number of carbonyl (C=O) groups is 2. The highest BCUT2D eigenvalue weighted by Crippen LogP contribution is 2.22. The molecule has 0 radical (unpaired) electrons. The van der Waals surface area contributed by atoms with E-state index in [-0.39, 0.29) is 5.91 Å². The van der Waals surface area contributed by atoms with Crippen molar-refractivity contribution in [2.45, 2.75) is 20.8 Å². The molecule has 98 valence electrons. The molecule has 1 amide bonds. The van der Waals surface area contributed by atoms with Crippen LogP contribution in [0.3, 0.4) is 0 Å². The summed E-state index contributed by atoms with van der Waals surface area (Å²) in [6.45, 7) is 5.08. The summed E-state index contributed by atoms with van der Waals surface area (Å²) in [6, 6.07) is 5.46. The van der Waals surface area contributed by atoms with Gasteiger partial charge >= 0.3 is 5.97 Å². The number of nitrogens with one attached hydrogen (secondary N) is 1. The molecular formula is C13H16BrNO3. The van der Waals surface area contributed by atoms with Crippen LogP contribution in [0.2, 0.25) is 0 Å². The first kappa shape index (κ1) is 14.7. The minimum atomic E-state index is -0.970. The molecule has 1 aromatic carbocycles. The summed E-state index contributed by atoms with van der Waals surface area (Å²) in [5.41, 5.74) is 1.72. The quantitative estimate of drug-likeness (QED) is 0.897. The molecule has 0 aromatic heterocycles. The zero-order valence-corrected chi connectivity index (χ0v) is 12.1. The molecule has 0 aliphatic rings. The Kier molecular flexibility index (Phi) is 4.90. The Balaban J connectivity index is 2.75. The summed E-state index contributed by atoms with van der Waals surface area (Å²) < 4.78 is 0.902. The van der Waals surface area contributed by atoms with Crippen molar-refractivity contribution in [3.05, 3.63) is 28.2 Å². The maximum Gasteiger partial charge on any atom is 0.307 e. The Morgan fingerprint density at radius 3 is 2.39 bits per heavy atom. The molecule has 0 spiro atoms. The van der Waals surface area contributed by atoms with Crippen LogP contribution in [-0.2, 0) is 9.59 Å². The van der Waals surface area contributed by atoms with Crippen molar-refractivity contribution in [1.82, 2.24) is 0 Å². The van der Waals surface area contributed by atoms with Crippen molar-refractivity contribution in [2.75, 3.05) is 5.32 Å². The highest BCUT2D eigenvalue weighted by molar-refractivity contribution is 9.10. The van der Waals surface area contributed by atoms with E-state index in [4.69, 9.17) is 5.11 Å². The Labute approximate surface area is 115 Å². The molecule has 0 saturated heterocycles. The van der Waals surface area contributed by atoms with E-state index in [0.29, 0.717) is 5.69 Å². The number of anilines is 1. The molecule has 0 fully saturated rings. The molecule has 0 aliphatic heterocycles. The van der Waals surface area contributed by atoms with Gasteiger partial charge in [0.25, 0.3) is 0 Å². The van der Waals surface area contributed by atoms with Gasteiger partial charge in [-0.1, -0.05) is 35.8 Å². The summed E-state index contributed by atoms with van der Waals surface area (Å²) in [4.78, 5) is 22.7. The predicted molar refractivity (Wildman–Crippen MR) is 73.5 cm³/mol. The van der Waals surface area contributed by atoms with Crippen molar-refractivity contribution in [3.8, 4) is 0 Å². The lowest BCUT2D eigenvalue weighted by atomic mass is 9.95. The van der Waals surface area contributed by atoms with Gasteiger partial charge in [-0.15, -0.1) is 0 Å². The average molecular weight is 314 g/mol. The molecule has 0 heterocycles. The zero-order valence-electron chi connectivity index (χ0n) is 10.5. The first-order chi connectivity index (χ1) is 8.32. The van der Waals surface area contributed by atoms with E-state index in [1.54, 1.807) is 19.1 Å². The van der Waals surface area contributed by atoms with E-state index in [9.17, 15) is 9.59 Å². The number of benzene rings is 1. The normalized spacial score (nSPS) is 13.8. The number of hydrogen-bond acceptors (Lipinski definition) is 2. The van der Waals surface area contributed by atoms with Crippen LogP contribution in [0.4, 0.5) is 5.69 Å². The number of aryl methyl sites for hydroxylation is 1. The van der Waals surface area contributed by atoms with Gasteiger partial charge in [0.2, 0.25) is 5.91 Å². The molecule has 0 saturated carbocycles. The number of carboxylic acid groups (broad SMARTS) is 1. The van der Waals surface area contributed by atoms with Gasteiger partial charge in [-0.05, 0) is 24.6 Å². The Morgan fingerprint density at radius 2 is 1.89 bits per heavy atom. The lowest BCUT2D eigenvalue weighted by Gasteiger charge is -2.16. The van der Waals surface area contributed by atoms with Gasteiger partial charge in [-0.3, -0.25) is 9.59 Å². The standard InChI is InChI=1S/C13H16BrNO3/c1-7-4-5-10(6-11(7)14)15-12(16)8(2)9(3)13(17)18/h4-6,8-9H,1-3H3,(H,15,16)(H,17,18). The number of rotatable bonds is 4. The summed E-state index contributed by atoms with van der Waals surface area (Å²) in [5, 5.41) is 11.6. The third-order valence-corrected chi connectivity index (χ3v) is 3.85. The number of amides is 1. The fourth-order valence-corrected chi connectivity index (χ4v) is 1.75. The first-order valence-corrected chi connectivity index (χ1v) is 6.42. The number of carbonyl (C=O) groups excluding carboxylic acids is 1. The second kappa shape index (κ2) is 6.00. The second-order valence-electron chi connectivity index (χ2n) is 4.37. The topological polar surface area (TPSA) is 66.4 Å². The molecular weight excluding hydrogens is 298 g/mol. The zero-order chi connectivity index (χ0) is 13.9. The summed E-state index contributed by atoms with van der Waals surface area (Å²) in [5.74, 6) is -2.55. The molecule has 18 heavy (non-hydrogen) atoms. The summed E-state index contributed by atoms with van der Waals surface area (Å²) in [7, 11) is 0. The first-order valence-electron chi connectivity index (χ1n) is 5.62. The summed E-state index contributed by atoms with van der Waals surface area (Å²) in [6.07, 6.45) is 0. The minimum absolute atomic E-state index is 0.291. The summed E-state index contributed by atoms with van der Waals surface area (Å²) >= 11 is 3.38. The largest absolute Gasteiger partial charge is 0.481 e. The van der Waals surface area contributed by atoms with Crippen LogP contribution in [0.25, 0.3) is 0 Å². The molecule has 4 nitrogen and oxygen atoms in total. The molecule has 1 aromatic rings. The number of carboxylic acids is 1. The number of aliphatic carboxylic acids is 1. The van der Waals surface area contributed by atoms with Gasteiger partial charge in [-0.25, -0.2) is 0 Å². The molecule has 0 bridgehead atoms. The van der Waals surface area contributed by atoms with Crippen LogP contribution in [0.15, 0.2) is 22.7 Å². The Hall–Kier alpha value is -1.36. The van der Waals surface area contributed by atoms with E-state index < -0.39 is 17.8 Å². The van der Waals surface area contributed by atoms with Crippen molar-refractivity contribution in [3.63, 3.8) is 0 Å². The molecule has 1 rings (SSSR count). The van der Waals surface area contributed by atoms with E-state index in [2.05, 4.69) is 21.2 Å². The van der Waals surface area contributed by atoms with Gasteiger partial charge in [0.15, 0.2) is 0 Å². The van der Waals surface area contributed by atoms with E-state index in [0.717, 1.165) is 10.0 Å². The van der Waals surface area contributed by atoms with Crippen molar-refractivity contribution in [1.29, 1.82) is 0 Å². The third kappa shape index (κ3) is 3.57. The van der Waals surface area contributed by atoms with E-state index in [1.165, 1.54) is 6.92 Å². The molecule has 0 aliphatic carbocycles. The second-order valence-corrected chi connectivity index (χ2v) is 5.22. The van der Waals surface area contributed by atoms with Gasteiger partial charge < -0.3 is 10.4 Å². The lowest BCUT2D eigenvalue weighted by Crippen LogP contribution is -2.29. The van der Waals surface area contributed by atoms with Crippen LogP contribution in [0.1, 0.15) is 19.4 Å². The molecule has 2 N–H and O–H groups in total. The van der Waals surface area contributed by atoms with Crippen molar-refractivity contribution >= 4 is 33.5 Å². The van der Waals surface area contributed by atoms with Crippen LogP contribution >= 0.6 is 15.9 Å². The van der Waals surface area contributed by atoms with Gasteiger partial charge in [0, 0.05) is 16.1 Å². The third-order valence-electron chi connectivity index (χ3n) is 2.99. The van der Waals surface area contributed by atoms with Crippen molar-refractivity contribution < 1.29 is 14.7 Å². The Morgan fingerprint density at radius 1 is 1.28 bits per heavy atom. The lowest BCUT2D eigenvalue weighted by molar-refractivity contribution is -0.145. The van der Waals surface area contributed by atoms with Crippen LogP contribution < -0.4 is 5.32 Å². The van der Waals surface area contributed by atoms with Gasteiger partial charge in [-0.2, -0.15) is 0 Å². The number of halogens is 1. The van der Waals surface area contributed by atoms with Gasteiger partial charge in [0.05, 0.1) is 5.92 Å². The van der Waals surface area contributed by atoms with Crippen LogP contribution in [0, 0.1) is 18.8 Å². The predicted octanol–water partition coefficient (Wildman–Crippen LogP) is 3.05. The molecule has 2 atom stereocenters. The highest BCUT2D eigenvalue weighted by Gasteiger charge is 2.25. The van der Waals surface area contributed by atoms with Gasteiger partial charge in [0.1, 0.15) is 0 Å². The monoisotopic (exact) mass is 313 g/mol. The van der Waals surface area contributed by atoms with Crippen LogP contribution in [0.5, 0.6) is 0 Å². The molecule has 2 unspecified atom stereocenters. The maximum absolute atomic E-state index is 11.9. The fraction of sp³-hybridized carbons (Fsp3) is 0.385. The fourth-order valence-electron chi connectivity index (χ4n) is 1.37. The highest BCUT2D eigenvalue weighted by atomic mass is 79.9. The smallest absolute Gasteiger partial charge is 0.307 e. The molecule has 5 heteroatoms. The maximum atomic E-state index is 11.9. The SMILES string of the molecule is Cc1ccc(NC(=O)C(C)C(C)C(=O)O)cc1Br. The number of hydrogen-bond donors (Lipinski definition) is 2.